The fraction of sp³-hybridized carbons (Fsp3) is 0.733. The Balaban J connectivity index is 1.64. The van der Waals surface area contributed by atoms with Crippen LogP contribution in [-0.2, 0) is 6.42 Å². The summed E-state index contributed by atoms with van der Waals surface area (Å²) in [5, 5.41) is 5.88. The molecule has 2 nitrogen and oxygen atoms in total. The van der Waals surface area contributed by atoms with Crippen molar-refractivity contribution in [1.29, 1.82) is 0 Å². The van der Waals surface area contributed by atoms with E-state index in [9.17, 15) is 0 Å². The van der Waals surface area contributed by atoms with E-state index in [1.165, 1.54) is 43.8 Å². The number of hydrogen-bond donors (Lipinski definition) is 1. The van der Waals surface area contributed by atoms with Gasteiger partial charge in [-0.15, -0.1) is 11.3 Å². The highest BCUT2D eigenvalue weighted by molar-refractivity contribution is 7.09. The van der Waals surface area contributed by atoms with Crippen molar-refractivity contribution in [2.75, 3.05) is 26.2 Å². The second-order valence-corrected chi connectivity index (χ2v) is 6.38. The van der Waals surface area contributed by atoms with Gasteiger partial charge in [-0.2, -0.15) is 0 Å². The molecule has 1 aliphatic heterocycles. The van der Waals surface area contributed by atoms with Gasteiger partial charge in [-0.3, -0.25) is 0 Å². The van der Waals surface area contributed by atoms with Crippen molar-refractivity contribution < 1.29 is 0 Å². The van der Waals surface area contributed by atoms with Gasteiger partial charge in [-0.1, -0.05) is 13.0 Å². The number of rotatable bonds is 6. The van der Waals surface area contributed by atoms with Gasteiger partial charge in [0.2, 0.25) is 0 Å². The number of thiophene rings is 1. The average Bonchev–Trinajstić information content (AvgIpc) is 2.92. The Kier molecular flexibility index (Phi) is 5.67. The van der Waals surface area contributed by atoms with E-state index in [4.69, 9.17) is 0 Å². The minimum Gasteiger partial charge on any atom is -0.314 e. The largest absolute Gasteiger partial charge is 0.314 e. The molecule has 1 aromatic heterocycles. The summed E-state index contributed by atoms with van der Waals surface area (Å²) in [6.07, 6.45) is 3.90. The van der Waals surface area contributed by atoms with Crippen LogP contribution < -0.4 is 5.32 Å². The Morgan fingerprint density at radius 3 is 2.83 bits per heavy atom. The summed E-state index contributed by atoms with van der Waals surface area (Å²) in [5.41, 5.74) is 0. The van der Waals surface area contributed by atoms with Crippen molar-refractivity contribution in [3.63, 3.8) is 0 Å². The molecule has 1 unspecified atom stereocenters. The first-order valence-electron chi connectivity index (χ1n) is 7.27. The molecule has 0 aliphatic carbocycles. The van der Waals surface area contributed by atoms with Crippen molar-refractivity contribution in [2.45, 2.75) is 39.2 Å². The number of hydrogen-bond acceptors (Lipinski definition) is 3. The highest BCUT2D eigenvalue weighted by Crippen LogP contribution is 2.20. The highest BCUT2D eigenvalue weighted by atomic mass is 32.1. The topological polar surface area (TPSA) is 15.3 Å². The van der Waals surface area contributed by atoms with E-state index in [1.54, 1.807) is 0 Å². The van der Waals surface area contributed by atoms with Gasteiger partial charge in [-0.25, -0.2) is 0 Å². The molecular formula is C15H26N2S. The van der Waals surface area contributed by atoms with Gasteiger partial charge in [0.1, 0.15) is 0 Å². The monoisotopic (exact) mass is 266 g/mol. The zero-order chi connectivity index (χ0) is 12.8. The molecule has 18 heavy (non-hydrogen) atoms. The molecule has 1 N–H and O–H groups in total. The molecule has 0 radical (unpaired) electrons. The zero-order valence-corrected chi connectivity index (χ0v) is 12.5. The number of nitrogens with zero attached hydrogens (tertiary/aromatic N) is 1. The van der Waals surface area contributed by atoms with E-state index in [0.717, 1.165) is 12.5 Å². The third-order valence-electron chi connectivity index (χ3n) is 4.20. The first-order chi connectivity index (χ1) is 8.79. The third-order valence-corrected chi connectivity index (χ3v) is 5.14. The first-order valence-corrected chi connectivity index (χ1v) is 8.15. The Morgan fingerprint density at radius 1 is 1.44 bits per heavy atom. The number of piperidine rings is 1. The summed E-state index contributed by atoms with van der Waals surface area (Å²) >= 11 is 1.87. The van der Waals surface area contributed by atoms with E-state index in [1.807, 2.05) is 11.3 Å². The summed E-state index contributed by atoms with van der Waals surface area (Å²) in [6, 6.07) is 5.05. The molecule has 3 heteroatoms. The van der Waals surface area contributed by atoms with Crippen molar-refractivity contribution in [1.82, 2.24) is 10.2 Å². The standard InChI is InChI=1S/C15H26N2S/c1-3-17-10-7-14(8-11-17)13(2)16-9-6-15-5-4-12-18-15/h4-5,12-14,16H,3,6-11H2,1-2H3. The van der Waals surface area contributed by atoms with Gasteiger partial charge < -0.3 is 10.2 Å². The molecule has 1 saturated heterocycles. The Bertz CT molecular complexity index is 315. The predicted octanol–water partition coefficient (Wildman–Crippen LogP) is 3.00. The lowest BCUT2D eigenvalue weighted by Gasteiger charge is -2.34. The molecule has 2 rings (SSSR count). The maximum absolute atomic E-state index is 3.71. The maximum Gasteiger partial charge on any atom is 0.00680 e. The molecule has 1 aromatic rings. The summed E-state index contributed by atoms with van der Waals surface area (Å²) in [5.74, 6) is 0.871. The second-order valence-electron chi connectivity index (χ2n) is 5.34. The quantitative estimate of drug-likeness (QED) is 0.851. The van der Waals surface area contributed by atoms with E-state index >= 15 is 0 Å². The Morgan fingerprint density at radius 2 is 2.22 bits per heavy atom. The van der Waals surface area contributed by atoms with Crippen LogP contribution in [0.5, 0.6) is 0 Å². The summed E-state index contributed by atoms with van der Waals surface area (Å²) < 4.78 is 0. The lowest BCUT2D eigenvalue weighted by Crippen LogP contribution is -2.42. The van der Waals surface area contributed by atoms with Crippen molar-refractivity contribution in [3.8, 4) is 0 Å². The molecule has 102 valence electrons. The minimum atomic E-state index is 0.670. The summed E-state index contributed by atoms with van der Waals surface area (Å²) in [6.45, 7) is 9.54. The van der Waals surface area contributed by atoms with Crippen LogP contribution in [0.3, 0.4) is 0 Å². The van der Waals surface area contributed by atoms with Gasteiger partial charge in [0, 0.05) is 17.5 Å². The van der Waals surface area contributed by atoms with Crippen LogP contribution in [0.25, 0.3) is 0 Å². The smallest absolute Gasteiger partial charge is 0.00680 e. The highest BCUT2D eigenvalue weighted by Gasteiger charge is 2.22. The third kappa shape index (κ3) is 4.08. The Labute approximate surface area is 115 Å². The lowest BCUT2D eigenvalue weighted by molar-refractivity contribution is 0.169. The molecule has 1 aliphatic rings. The molecule has 0 aromatic carbocycles. The zero-order valence-electron chi connectivity index (χ0n) is 11.7. The van der Waals surface area contributed by atoms with Crippen LogP contribution >= 0.6 is 11.3 Å². The molecule has 0 spiro atoms. The molecule has 0 amide bonds. The van der Waals surface area contributed by atoms with Crippen LogP contribution in [0.2, 0.25) is 0 Å². The van der Waals surface area contributed by atoms with E-state index in [0.29, 0.717) is 6.04 Å². The predicted molar refractivity (Wildman–Crippen MR) is 80.3 cm³/mol. The SMILES string of the molecule is CCN1CCC(C(C)NCCc2cccs2)CC1. The fourth-order valence-electron chi connectivity index (χ4n) is 2.81. The second kappa shape index (κ2) is 7.27. The summed E-state index contributed by atoms with van der Waals surface area (Å²) in [7, 11) is 0. The van der Waals surface area contributed by atoms with E-state index < -0.39 is 0 Å². The van der Waals surface area contributed by atoms with Crippen LogP contribution in [0.1, 0.15) is 31.6 Å². The molecule has 1 atom stereocenters. The van der Waals surface area contributed by atoms with Crippen molar-refractivity contribution >= 4 is 11.3 Å². The average molecular weight is 266 g/mol. The number of nitrogens with one attached hydrogen (secondary N) is 1. The molecule has 2 heterocycles. The van der Waals surface area contributed by atoms with Gasteiger partial charge in [0.05, 0.1) is 0 Å². The lowest BCUT2D eigenvalue weighted by atomic mass is 9.90. The van der Waals surface area contributed by atoms with Gasteiger partial charge >= 0.3 is 0 Å². The van der Waals surface area contributed by atoms with Crippen LogP contribution in [0, 0.1) is 5.92 Å². The van der Waals surface area contributed by atoms with Gasteiger partial charge in [0.15, 0.2) is 0 Å². The first kappa shape index (κ1) is 14.0. The molecule has 1 fully saturated rings. The maximum atomic E-state index is 3.71. The van der Waals surface area contributed by atoms with Crippen molar-refractivity contribution in [2.24, 2.45) is 5.92 Å². The minimum absolute atomic E-state index is 0.670. The fourth-order valence-corrected chi connectivity index (χ4v) is 3.52. The normalized spacial score (nSPS) is 20.1. The van der Waals surface area contributed by atoms with Crippen LogP contribution in [-0.4, -0.2) is 37.1 Å². The molecule has 0 bridgehead atoms. The van der Waals surface area contributed by atoms with Crippen LogP contribution in [0.15, 0.2) is 17.5 Å². The number of likely N-dealkylation sites (tertiary alicyclic amines) is 1. The summed E-state index contributed by atoms with van der Waals surface area (Å²) in [4.78, 5) is 4.06. The van der Waals surface area contributed by atoms with Crippen LogP contribution in [0.4, 0.5) is 0 Å². The van der Waals surface area contributed by atoms with E-state index in [2.05, 4.69) is 41.6 Å². The Hall–Kier alpha value is -0.380. The van der Waals surface area contributed by atoms with Gasteiger partial charge in [-0.05, 0) is 63.2 Å². The molecule has 0 saturated carbocycles. The molecular weight excluding hydrogens is 240 g/mol. The van der Waals surface area contributed by atoms with Gasteiger partial charge in [0.25, 0.3) is 0 Å². The van der Waals surface area contributed by atoms with E-state index in [-0.39, 0.29) is 0 Å². The van der Waals surface area contributed by atoms with Crippen molar-refractivity contribution in [3.05, 3.63) is 22.4 Å².